The molecule has 2 aliphatic rings. The van der Waals surface area contributed by atoms with Gasteiger partial charge in [-0.2, -0.15) is 0 Å². The van der Waals surface area contributed by atoms with Crippen molar-refractivity contribution in [3.05, 3.63) is 65.2 Å². The number of benzene rings is 2. The number of anilines is 1. The number of nitrogens with zero attached hydrogens (tertiary/aromatic N) is 1. The van der Waals surface area contributed by atoms with Crippen molar-refractivity contribution >= 4 is 17.5 Å². The van der Waals surface area contributed by atoms with E-state index in [-0.39, 0.29) is 23.8 Å². The fourth-order valence-corrected chi connectivity index (χ4v) is 3.97. The fourth-order valence-electron chi connectivity index (χ4n) is 3.97. The van der Waals surface area contributed by atoms with E-state index in [1.165, 1.54) is 12.1 Å². The highest BCUT2D eigenvalue weighted by Gasteiger charge is 2.48. The lowest BCUT2D eigenvalue weighted by atomic mass is 9.73. The first-order valence-electron chi connectivity index (χ1n) is 8.63. The van der Waals surface area contributed by atoms with E-state index in [4.69, 9.17) is 0 Å². The van der Waals surface area contributed by atoms with Crippen molar-refractivity contribution in [3.63, 3.8) is 0 Å². The summed E-state index contributed by atoms with van der Waals surface area (Å²) in [4.78, 5) is 26.7. The van der Waals surface area contributed by atoms with Crippen molar-refractivity contribution in [3.8, 4) is 0 Å². The highest BCUT2D eigenvalue weighted by atomic mass is 19.2. The van der Waals surface area contributed by atoms with Crippen molar-refractivity contribution in [1.82, 2.24) is 4.90 Å². The zero-order valence-corrected chi connectivity index (χ0v) is 14.1. The van der Waals surface area contributed by atoms with Crippen molar-refractivity contribution in [1.29, 1.82) is 0 Å². The summed E-state index contributed by atoms with van der Waals surface area (Å²) in [6.07, 6.45) is 0.861. The first-order valence-corrected chi connectivity index (χ1v) is 8.63. The standard InChI is InChI=1S/C20H18F2N2O2/c21-15-6-3-4-13(18(15)22)12-17(25)24-10-8-20(9-11-24)14-5-1-2-7-16(14)23-19(20)26/h1-7H,8-12H2,(H,23,26). The number of para-hydroxylation sites is 1. The fraction of sp³-hybridized carbons (Fsp3) is 0.300. The second-order valence-electron chi connectivity index (χ2n) is 6.85. The number of amides is 2. The normalized spacial score (nSPS) is 17.9. The van der Waals surface area contributed by atoms with Gasteiger partial charge in [-0.05, 0) is 30.5 Å². The molecule has 1 N–H and O–H groups in total. The van der Waals surface area contributed by atoms with Crippen molar-refractivity contribution in [2.45, 2.75) is 24.7 Å². The predicted octanol–water partition coefficient (Wildman–Crippen LogP) is 3.02. The zero-order valence-electron chi connectivity index (χ0n) is 14.1. The molecule has 0 atom stereocenters. The molecular weight excluding hydrogens is 338 g/mol. The average molecular weight is 356 g/mol. The van der Waals surface area contributed by atoms with Gasteiger partial charge in [0.15, 0.2) is 11.6 Å². The van der Waals surface area contributed by atoms with E-state index in [0.29, 0.717) is 25.9 Å². The molecule has 0 aliphatic carbocycles. The van der Waals surface area contributed by atoms with Crippen LogP contribution in [-0.4, -0.2) is 29.8 Å². The Hall–Kier alpha value is -2.76. The molecule has 2 heterocycles. The molecule has 6 heteroatoms. The monoisotopic (exact) mass is 356 g/mol. The highest BCUT2D eigenvalue weighted by Crippen LogP contribution is 2.44. The summed E-state index contributed by atoms with van der Waals surface area (Å²) in [7, 11) is 0. The topological polar surface area (TPSA) is 49.4 Å². The van der Waals surface area contributed by atoms with Crippen LogP contribution >= 0.6 is 0 Å². The SMILES string of the molecule is O=C(Cc1cccc(F)c1F)N1CCC2(CC1)C(=O)Nc1ccccc12. The van der Waals surface area contributed by atoms with E-state index in [1.807, 2.05) is 24.3 Å². The van der Waals surface area contributed by atoms with Crippen LogP contribution in [0.2, 0.25) is 0 Å². The van der Waals surface area contributed by atoms with Crippen LogP contribution in [0.25, 0.3) is 0 Å². The third-order valence-electron chi connectivity index (χ3n) is 5.47. The number of piperidine rings is 1. The van der Waals surface area contributed by atoms with Crippen molar-refractivity contribution in [2.75, 3.05) is 18.4 Å². The second kappa shape index (κ2) is 6.20. The second-order valence-corrected chi connectivity index (χ2v) is 6.85. The molecule has 2 aromatic carbocycles. The van der Waals surface area contributed by atoms with Crippen LogP contribution in [0.5, 0.6) is 0 Å². The van der Waals surface area contributed by atoms with Gasteiger partial charge in [0, 0.05) is 24.3 Å². The molecule has 0 bridgehead atoms. The largest absolute Gasteiger partial charge is 0.342 e. The first kappa shape index (κ1) is 16.7. The number of halogens is 2. The van der Waals surface area contributed by atoms with E-state index < -0.39 is 17.0 Å². The van der Waals surface area contributed by atoms with Crippen molar-refractivity contribution in [2.24, 2.45) is 0 Å². The van der Waals surface area contributed by atoms with Crippen LogP contribution in [0.15, 0.2) is 42.5 Å². The van der Waals surface area contributed by atoms with Crippen LogP contribution in [0.1, 0.15) is 24.0 Å². The van der Waals surface area contributed by atoms with Gasteiger partial charge >= 0.3 is 0 Å². The molecule has 26 heavy (non-hydrogen) atoms. The van der Waals surface area contributed by atoms with E-state index in [9.17, 15) is 18.4 Å². The van der Waals surface area contributed by atoms with Gasteiger partial charge in [0.25, 0.3) is 0 Å². The van der Waals surface area contributed by atoms with Gasteiger partial charge in [0.2, 0.25) is 11.8 Å². The Morgan fingerprint density at radius 2 is 1.81 bits per heavy atom. The van der Waals surface area contributed by atoms with Crippen LogP contribution in [-0.2, 0) is 21.4 Å². The van der Waals surface area contributed by atoms with Gasteiger partial charge in [-0.1, -0.05) is 30.3 Å². The molecule has 4 nitrogen and oxygen atoms in total. The van der Waals surface area contributed by atoms with E-state index in [2.05, 4.69) is 5.32 Å². The molecule has 2 amide bonds. The first-order chi connectivity index (χ1) is 12.5. The number of nitrogens with one attached hydrogen (secondary N) is 1. The minimum Gasteiger partial charge on any atom is -0.342 e. The maximum atomic E-state index is 13.8. The summed E-state index contributed by atoms with van der Waals surface area (Å²) in [5.74, 6) is -2.21. The Labute approximate surface area is 149 Å². The molecule has 134 valence electrons. The predicted molar refractivity (Wildman–Crippen MR) is 92.6 cm³/mol. The third-order valence-corrected chi connectivity index (χ3v) is 5.47. The molecule has 4 rings (SSSR count). The molecule has 2 aliphatic heterocycles. The van der Waals surface area contributed by atoms with Crippen molar-refractivity contribution < 1.29 is 18.4 Å². The number of carbonyl (C=O) groups is 2. The maximum Gasteiger partial charge on any atom is 0.235 e. The Bertz CT molecular complexity index is 889. The number of hydrogen-bond acceptors (Lipinski definition) is 2. The Morgan fingerprint density at radius 3 is 2.58 bits per heavy atom. The van der Waals surface area contributed by atoms with Crippen LogP contribution in [0, 0.1) is 11.6 Å². The Morgan fingerprint density at radius 1 is 1.08 bits per heavy atom. The third kappa shape index (κ3) is 2.57. The lowest BCUT2D eigenvalue weighted by Gasteiger charge is -2.38. The highest BCUT2D eigenvalue weighted by molar-refractivity contribution is 6.06. The Kier molecular flexibility index (Phi) is 3.98. The number of carbonyl (C=O) groups excluding carboxylic acids is 2. The molecule has 0 unspecified atom stereocenters. The van der Waals surface area contributed by atoms with Crippen LogP contribution < -0.4 is 5.32 Å². The summed E-state index contributed by atoms with van der Waals surface area (Å²) in [6, 6.07) is 11.5. The average Bonchev–Trinajstić information content (AvgIpc) is 2.91. The molecule has 0 aromatic heterocycles. The summed E-state index contributed by atoms with van der Waals surface area (Å²) < 4.78 is 27.1. The number of hydrogen-bond donors (Lipinski definition) is 1. The maximum absolute atomic E-state index is 13.8. The van der Waals surface area contributed by atoms with E-state index >= 15 is 0 Å². The minimum absolute atomic E-state index is 0.0260. The van der Waals surface area contributed by atoms with Gasteiger partial charge in [0.1, 0.15) is 0 Å². The van der Waals surface area contributed by atoms with E-state index in [1.54, 1.807) is 4.90 Å². The number of fused-ring (bicyclic) bond motifs is 2. The van der Waals surface area contributed by atoms with Gasteiger partial charge < -0.3 is 10.2 Å². The summed E-state index contributed by atoms with van der Waals surface area (Å²) >= 11 is 0. The summed E-state index contributed by atoms with van der Waals surface area (Å²) in [6.45, 7) is 0.828. The van der Waals surface area contributed by atoms with Crippen LogP contribution in [0.3, 0.4) is 0 Å². The zero-order chi connectivity index (χ0) is 18.3. The molecular formula is C20H18F2N2O2. The minimum atomic E-state index is -0.974. The molecule has 1 spiro atoms. The van der Waals surface area contributed by atoms with Gasteiger partial charge in [-0.25, -0.2) is 8.78 Å². The van der Waals surface area contributed by atoms with E-state index in [0.717, 1.165) is 17.3 Å². The van der Waals surface area contributed by atoms with Gasteiger partial charge in [-0.15, -0.1) is 0 Å². The lowest BCUT2D eigenvalue weighted by Crippen LogP contribution is -2.48. The number of likely N-dealkylation sites (tertiary alicyclic amines) is 1. The summed E-state index contributed by atoms with van der Waals surface area (Å²) in [5.41, 5.74) is 1.27. The van der Waals surface area contributed by atoms with Crippen LogP contribution in [0.4, 0.5) is 14.5 Å². The quantitative estimate of drug-likeness (QED) is 0.899. The molecule has 0 radical (unpaired) electrons. The Balaban J connectivity index is 1.48. The molecule has 1 saturated heterocycles. The smallest absolute Gasteiger partial charge is 0.235 e. The van der Waals surface area contributed by atoms with Gasteiger partial charge in [0.05, 0.1) is 11.8 Å². The summed E-state index contributed by atoms with van der Waals surface area (Å²) in [5, 5.41) is 2.92. The molecule has 0 saturated carbocycles. The number of rotatable bonds is 2. The molecule has 2 aromatic rings. The lowest BCUT2D eigenvalue weighted by molar-refractivity contribution is -0.134. The molecule has 1 fully saturated rings. The van der Waals surface area contributed by atoms with Gasteiger partial charge in [-0.3, -0.25) is 9.59 Å².